The molecule has 0 saturated heterocycles. The summed E-state index contributed by atoms with van der Waals surface area (Å²) >= 11 is 1.69. The molecular weight excluding hydrogens is 494 g/mol. The summed E-state index contributed by atoms with van der Waals surface area (Å²) in [6.45, 7) is 0. The number of rotatable bonds is 2. The molecule has 0 aliphatic heterocycles. The lowest BCUT2D eigenvalue weighted by Gasteiger charge is -2.10. The van der Waals surface area contributed by atoms with Crippen LogP contribution in [0.4, 0.5) is 0 Å². The first kappa shape index (κ1) is 21.1. The van der Waals surface area contributed by atoms with Gasteiger partial charge >= 0.3 is 0 Å². The molecule has 3 heterocycles. The summed E-state index contributed by atoms with van der Waals surface area (Å²) in [5, 5.41) is 7.67. The number of hydrogen-bond donors (Lipinski definition) is 0. The highest BCUT2D eigenvalue weighted by molar-refractivity contribution is 7.16. The molecule has 0 atom stereocenters. The van der Waals surface area contributed by atoms with E-state index in [1.54, 1.807) is 11.3 Å². The molecule has 0 aliphatic carbocycles. The average Bonchev–Trinajstić information content (AvgIpc) is 3.70. The Morgan fingerprint density at radius 1 is 0.487 bits per heavy atom. The van der Waals surface area contributed by atoms with E-state index in [0.717, 1.165) is 11.2 Å². The van der Waals surface area contributed by atoms with Crippen LogP contribution in [0.3, 0.4) is 0 Å². The summed E-state index contributed by atoms with van der Waals surface area (Å²) in [6, 6.07) is 43.9. The maximum absolute atomic E-state index is 4.77. The third-order valence-electron chi connectivity index (χ3n) is 8.05. The van der Waals surface area contributed by atoms with Crippen LogP contribution in [0.25, 0.3) is 76.0 Å². The van der Waals surface area contributed by atoms with Crippen LogP contribution in [0, 0.1) is 0 Å². The highest BCUT2D eigenvalue weighted by Crippen LogP contribution is 2.44. The number of hydrogen-bond acceptors (Lipinski definition) is 2. The summed E-state index contributed by atoms with van der Waals surface area (Å²) < 4.78 is 6.01. The van der Waals surface area contributed by atoms with Crippen molar-refractivity contribution in [3.05, 3.63) is 127 Å². The molecule has 39 heavy (non-hydrogen) atoms. The number of thiazole rings is 1. The standard InChI is InChI=1S/C35H21N3S/c1-2-9-23(10-3-1)37-26-13-6-4-11-24(26)33-28(37)19-17-22-18-20-29-34(32(22)33)25-12-5-7-14-27(25)38(29)30-15-8-16-31-35(30)36-21-39-31/h1-21H. The van der Waals surface area contributed by atoms with Crippen molar-refractivity contribution in [2.45, 2.75) is 0 Å². The Morgan fingerprint density at radius 3 is 1.87 bits per heavy atom. The van der Waals surface area contributed by atoms with Gasteiger partial charge in [-0.3, -0.25) is 0 Å². The SMILES string of the molecule is c1ccc(-n2c3ccccc3c3c4c(ccc32)ccc2c4c3ccccc3n2-c2cccc3scnc23)cc1. The summed E-state index contributed by atoms with van der Waals surface area (Å²) in [6.07, 6.45) is 0. The largest absolute Gasteiger partial charge is 0.309 e. The van der Waals surface area contributed by atoms with Crippen LogP contribution in [-0.2, 0) is 0 Å². The van der Waals surface area contributed by atoms with E-state index in [1.165, 1.54) is 64.8 Å². The molecule has 0 fully saturated rings. The number of para-hydroxylation sites is 4. The Balaban J connectivity index is 1.54. The second-order valence-corrected chi connectivity index (χ2v) is 10.9. The second-order valence-electron chi connectivity index (χ2n) is 10.0. The van der Waals surface area contributed by atoms with E-state index in [4.69, 9.17) is 4.98 Å². The van der Waals surface area contributed by atoms with E-state index in [-0.39, 0.29) is 0 Å². The van der Waals surface area contributed by atoms with Crippen molar-refractivity contribution >= 4 is 75.9 Å². The Kier molecular flexibility index (Phi) is 4.21. The molecule has 0 spiro atoms. The van der Waals surface area contributed by atoms with Gasteiger partial charge in [-0.05, 0) is 53.9 Å². The molecule has 9 aromatic rings. The van der Waals surface area contributed by atoms with Gasteiger partial charge in [0.1, 0.15) is 5.52 Å². The fraction of sp³-hybridized carbons (Fsp3) is 0. The molecule has 3 aromatic heterocycles. The van der Waals surface area contributed by atoms with Crippen LogP contribution < -0.4 is 0 Å². The number of benzene rings is 6. The van der Waals surface area contributed by atoms with Gasteiger partial charge in [0, 0.05) is 32.6 Å². The monoisotopic (exact) mass is 515 g/mol. The number of nitrogens with zero attached hydrogens (tertiary/aromatic N) is 3. The minimum atomic E-state index is 1.05. The van der Waals surface area contributed by atoms with Crippen molar-refractivity contribution in [1.29, 1.82) is 0 Å². The maximum Gasteiger partial charge on any atom is 0.105 e. The average molecular weight is 516 g/mol. The third-order valence-corrected chi connectivity index (χ3v) is 8.84. The van der Waals surface area contributed by atoms with Gasteiger partial charge in [-0.15, -0.1) is 11.3 Å². The lowest BCUT2D eigenvalue weighted by molar-refractivity contribution is 1.18. The van der Waals surface area contributed by atoms with Gasteiger partial charge in [0.25, 0.3) is 0 Å². The van der Waals surface area contributed by atoms with Crippen molar-refractivity contribution < 1.29 is 0 Å². The minimum absolute atomic E-state index is 1.05. The molecule has 3 nitrogen and oxygen atoms in total. The van der Waals surface area contributed by atoms with Gasteiger partial charge in [0.15, 0.2) is 0 Å². The van der Waals surface area contributed by atoms with Gasteiger partial charge in [-0.1, -0.05) is 72.8 Å². The predicted molar refractivity (Wildman–Crippen MR) is 166 cm³/mol. The predicted octanol–water partition coefficient (Wildman–Crippen LogP) is 9.64. The minimum Gasteiger partial charge on any atom is -0.309 e. The van der Waals surface area contributed by atoms with Crippen molar-refractivity contribution in [2.24, 2.45) is 0 Å². The van der Waals surface area contributed by atoms with E-state index in [0.29, 0.717) is 0 Å². The molecule has 4 heteroatoms. The zero-order valence-corrected chi connectivity index (χ0v) is 21.7. The van der Waals surface area contributed by atoms with E-state index in [1.807, 2.05) is 5.51 Å². The van der Waals surface area contributed by atoms with Crippen LogP contribution in [0.5, 0.6) is 0 Å². The lowest BCUT2D eigenvalue weighted by atomic mass is 9.98. The lowest BCUT2D eigenvalue weighted by Crippen LogP contribution is -1.95. The number of aromatic nitrogens is 3. The Morgan fingerprint density at radius 2 is 1.13 bits per heavy atom. The first-order valence-corrected chi connectivity index (χ1v) is 14.0. The molecule has 6 aromatic carbocycles. The van der Waals surface area contributed by atoms with E-state index >= 15 is 0 Å². The second kappa shape index (κ2) is 7.79. The van der Waals surface area contributed by atoms with Gasteiger partial charge in [-0.2, -0.15) is 0 Å². The zero-order valence-electron chi connectivity index (χ0n) is 20.9. The van der Waals surface area contributed by atoms with Crippen molar-refractivity contribution in [2.75, 3.05) is 0 Å². The van der Waals surface area contributed by atoms with Crippen molar-refractivity contribution in [3.63, 3.8) is 0 Å². The molecule has 0 aliphatic rings. The Labute approximate surface area is 227 Å². The molecule has 9 rings (SSSR count). The Hall–Kier alpha value is -4.93. The number of fused-ring (bicyclic) bond motifs is 10. The third kappa shape index (κ3) is 2.78. The van der Waals surface area contributed by atoms with Crippen LogP contribution in [0.15, 0.2) is 127 Å². The fourth-order valence-corrected chi connectivity index (χ4v) is 7.20. The molecule has 0 amide bonds. The van der Waals surface area contributed by atoms with E-state index < -0.39 is 0 Å². The highest BCUT2D eigenvalue weighted by atomic mass is 32.1. The topological polar surface area (TPSA) is 22.8 Å². The Bertz CT molecular complexity index is 2390. The van der Waals surface area contributed by atoms with Gasteiger partial charge in [-0.25, -0.2) is 4.98 Å². The van der Waals surface area contributed by atoms with Crippen molar-refractivity contribution in [3.8, 4) is 11.4 Å². The zero-order chi connectivity index (χ0) is 25.5. The molecule has 0 radical (unpaired) electrons. The summed E-state index contributed by atoms with van der Waals surface area (Å²) in [4.78, 5) is 4.77. The first-order chi connectivity index (χ1) is 19.4. The summed E-state index contributed by atoms with van der Waals surface area (Å²) in [5.74, 6) is 0. The quantitative estimate of drug-likeness (QED) is 0.225. The summed E-state index contributed by atoms with van der Waals surface area (Å²) in [5.41, 5.74) is 10.1. The molecule has 0 bridgehead atoms. The molecular formula is C35H21N3S. The van der Waals surface area contributed by atoms with Gasteiger partial charge in [0.2, 0.25) is 0 Å². The van der Waals surface area contributed by atoms with Crippen LogP contribution in [0.2, 0.25) is 0 Å². The summed E-state index contributed by atoms with van der Waals surface area (Å²) in [7, 11) is 0. The van der Waals surface area contributed by atoms with E-state index in [9.17, 15) is 0 Å². The van der Waals surface area contributed by atoms with Gasteiger partial charge < -0.3 is 9.13 Å². The first-order valence-electron chi connectivity index (χ1n) is 13.1. The maximum atomic E-state index is 4.77. The van der Waals surface area contributed by atoms with Crippen LogP contribution >= 0.6 is 11.3 Å². The molecule has 182 valence electrons. The normalized spacial score (nSPS) is 12.1. The molecule has 0 N–H and O–H groups in total. The van der Waals surface area contributed by atoms with E-state index in [2.05, 4.69) is 130 Å². The molecule has 0 saturated carbocycles. The fourth-order valence-electron chi connectivity index (χ4n) is 6.50. The smallest absolute Gasteiger partial charge is 0.105 e. The van der Waals surface area contributed by atoms with Crippen LogP contribution in [-0.4, -0.2) is 14.1 Å². The van der Waals surface area contributed by atoms with Gasteiger partial charge in [0.05, 0.1) is 38.0 Å². The highest BCUT2D eigenvalue weighted by Gasteiger charge is 2.21. The molecule has 0 unspecified atom stereocenters. The van der Waals surface area contributed by atoms with Crippen LogP contribution in [0.1, 0.15) is 0 Å². The van der Waals surface area contributed by atoms with Crippen molar-refractivity contribution in [1.82, 2.24) is 14.1 Å².